The summed E-state index contributed by atoms with van der Waals surface area (Å²) in [6, 6.07) is 0. The zero-order chi connectivity index (χ0) is 11.5. The Bertz CT molecular complexity index is 389. The number of aromatic nitrogens is 2. The maximum Gasteiger partial charge on any atom is 0.362 e. The number of esters is 1. The number of ether oxygens (including phenoxy) is 1. The summed E-state index contributed by atoms with van der Waals surface area (Å²) in [5.74, 6) is -0.840. The first-order valence-electron chi connectivity index (χ1n) is 5.59. The maximum atomic E-state index is 13.8. The quantitative estimate of drug-likeness (QED) is 0.738. The summed E-state index contributed by atoms with van der Waals surface area (Å²) in [7, 11) is 0. The standard InChI is InChI=1S/C11H15FN2O2/c1-2-16-11(15)10(12)14-7-13-8-5-3-4-6-9(8)14/h7,10H,2-6H2,1H3. The summed E-state index contributed by atoms with van der Waals surface area (Å²) in [4.78, 5) is 15.4. The van der Waals surface area contributed by atoms with Crippen LogP contribution in [0, 0.1) is 0 Å². The van der Waals surface area contributed by atoms with Gasteiger partial charge in [-0.1, -0.05) is 0 Å². The van der Waals surface area contributed by atoms with Crippen LogP contribution in [0.2, 0.25) is 0 Å². The number of imidazole rings is 1. The number of nitrogens with zero attached hydrogens (tertiary/aromatic N) is 2. The monoisotopic (exact) mass is 226 g/mol. The lowest BCUT2D eigenvalue weighted by atomic mass is 10.0. The summed E-state index contributed by atoms with van der Waals surface area (Å²) in [5.41, 5.74) is 1.75. The Morgan fingerprint density at radius 2 is 2.38 bits per heavy atom. The van der Waals surface area contributed by atoms with Crippen molar-refractivity contribution in [1.82, 2.24) is 9.55 Å². The molecule has 5 heteroatoms. The molecule has 0 saturated heterocycles. The lowest BCUT2D eigenvalue weighted by molar-refractivity contribution is -0.152. The molecule has 0 amide bonds. The Morgan fingerprint density at radius 3 is 3.12 bits per heavy atom. The van der Waals surface area contributed by atoms with Gasteiger partial charge in [-0.15, -0.1) is 0 Å². The van der Waals surface area contributed by atoms with Crippen LogP contribution >= 0.6 is 0 Å². The molecular weight excluding hydrogens is 211 g/mol. The van der Waals surface area contributed by atoms with E-state index in [1.165, 1.54) is 10.9 Å². The SMILES string of the molecule is CCOC(=O)C(F)n1cnc2c1CCCC2. The normalized spacial score (nSPS) is 16.6. The summed E-state index contributed by atoms with van der Waals surface area (Å²) >= 11 is 0. The van der Waals surface area contributed by atoms with Crippen molar-refractivity contribution in [2.75, 3.05) is 6.61 Å². The van der Waals surface area contributed by atoms with Gasteiger partial charge >= 0.3 is 5.97 Å². The molecule has 4 nitrogen and oxygen atoms in total. The summed E-state index contributed by atoms with van der Waals surface area (Å²) in [6.07, 6.45) is 3.41. The highest BCUT2D eigenvalue weighted by molar-refractivity contribution is 5.72. The zero-order valence-electron chi connectivity index (χ0n) is 9.28. The van der Waals surface area contributed by atoms with Gasteiger partial charge in [-0.25, -0.2) is 14.2 Å². The van der Waals surface area contributed by atoms with E-state index in [1.54, 1.807) is 6.92 Å². The first-order valence-corrected chi connectivity index (χ1v) is 5.59. The predicted molar refractivity (Wildman–Crippen MR) is 55.6 cm³/mol. The predicted octanol–water partition coefficient (Wildman–Crippen LogP) is 1.79. The Balaban J connectivity index is 2.20. The van der Waals surface area contributed by atoms with Gasteiger partial charge in [-0.2, -0.15) is 0 Å². The minimum absolute atomic E-state index is 0.191. The fraction of sp³-hybridized carbons (Fsp3) is 0.636. The van der Waals surface area contributed by atoms with Crippen molar-refractivity contribution in [3.8, 4) is 0 Å². The van der Waals surface area contributed by atoms with Crippen LogP contribution in [0.15, 0.2) is 6.33 Å². The van der Waals surface area contributed by atoms with Crippen LogP contribution in [-0.2, 0) is 22.4 Å². The number of aryl methyl sites for hydroxylation is 1. The average Bonchev–Trinajstić information content (AvgIpc) is 2.72. The molecule has 1 atom stereocenters. The fourth-order valence-corrected chi connectivity index (χ4v) is 2.01. The summed E-state index contributed by atoms with van der Waals surface area (Å²) < 4.78 is 19.7. The van der Waals surface area contributed by atoms with E-state index >= 15 is 0 Å². The number of carbonyl (C=O) groups is 1. The van der Waals surface area contributed by atoms with Gasteiger partial charge in [0.2, 0.25) is 0 Å². The van der Waals surface area contributed by atoms with Gasteiger partial charge in [0.15, 0.2) is 0 Å². The molecule has 0 N–H and O–H groups in total. The van der Waals surface area contributed by atoms with Crippen LogP contribution in [0.1, 0.15) is 37.4 Å². The first kappa shape index (κ1) is 11.1. The number of hydrogen-bond donors (Lipinski definition) is 0. The Morgan fingerprint density at radius 1 is 1.62 bits per heavy atom. The smallest absolute Gasteiger partial charge is 0.362 e. The van der Waals surface area contributed by atoms with Gasteiger partial charge in [0.05, 0.1) is 18.6 Å². The van der Waals surface area contributed by atoms with Crippen molar-refractivity contribution in [3.05, 3.63) is 17.7 Å². The highest BCUT2D eigenvalue weighted by Crippen LogP contribution is 2.24. The minimum Gasteiger partial charge on any atom is -0.462 e. The Hall–Kier alpha value is -1.39. The third-order valence-electron chi connectivity index (χ3n) is 2.79. The van der Waals surface area contributed by atoms with Crippen LogP contribution < -0.4 is 0 Å². The van der Waals surface area contributed by atoms with Gasteiger partial charge in [0.25, 0.3) is 6.30 Å². The van der Waals surface area contributed by atoms with E-state index in [0.29, 0.717) is 0 Å². The molecule has 0 aromatic carbocycles. The molecule has 1 aliphatic rings. The molecule has 0 radical (unpaired) electrons. The number of carbonyl (C=O) groups excluding carboxylic acids is 1. The van der Waals surface area contributed by atoms with Crippen LogP contribution in [-0.4, -0.2) is 22.1 Å². The Labute approximate surface area is 93.4 Å². The molecule has 16 heavy (non-hydrogen) atoms. The molecule has 0 bridgehead atoms. The van der Waals surface area contributed by atoms with E-state index in [4.69, 9.17) is 0 Å². The molecule has 1 heterocycles. The van der Waals surface area contributed by atoms with Gasteiger partial charge in [0.1, 0.15) is 0 Å². The second-order valence-corrected chi connectivity index (χ2v) is 3.84. The van der Waals surface area contributed by atoms with Gasteiger partial charge < -0.3 is 4.74 Å². The molecule has 1 aromatic heterocycles. The molecule has 0 spiro atoms. The molecule has 88 valence electrons. The summed E-state index contributed by atoms with van der Waals surface area (Å²) in [5, 5.41) is 0. The van der Waals surface area contributed by atoms with Crippen molar-refractivity contribution in [2.24, 2.45) is 0 Å². The largest absolute Gasteiger partial charge is 0.462 e. The third kappa shape index (κ3) is 1.94. The molecule has 2 rings (SSSR count). The van der Waals surface area contributed by atoms with Gasteiger partial charge in [0, 0.05) is 5.69 Å². The van der Waals surface area contributed by atoms with Crippen molar-refractivity contribution in [3.63, 3.8) is 0 Å². The third-order valence-corrected chi connectivity index (χ3v) is 2.79. The fourth-order valence-electron chi connectivity index (χ4n) is 2.01. The molecule has 1 aromatic rings. The molecule has 1 unspecified atom stereocenters. The summed E-state index contributed by atoms with van der Waals surface area (Å²) in [6.45, 7) is 1.85. The van der Waals surface area contributed by atoms with E-state index in [1.807, 2.05) is 0 Å². The van der Waals surface area contributed by atoms with Crippen molar-refractivity contribution in [1.29, 1.82) is 0 Å². The number of hydrogen-bond acceptors (Lipinski definition) is 3. The molecule has 1 aliphatic carbocycles. The van der Waals surface area contributed by atoms with Crippen LogP contribution in [0.3, 0.4) is 0 Å². The zero-order valence-corrected chi connectivity index (χ0v) is 9.28. The van der Waals surface area contributed by atoms with E-state index < -0.39 is 12.3 Å². The van der Waals surface area contributed by atoms with E-state index in [9.17, 15) is 9.18 Å². The molecule has 0 fully saturated rings. The number of fused-ring (bicyclic) bond motifs is 1. The number of halogens is 1. The van der Waals surface area contributed by atoms with Crippen molar-refractivity contribution in [2.45, 2.75) is 38.9 Å². The van der Waals surface area contributed by atoms with E-state index in [2.05, 4.69) is 9.72 Å². The van der Waals surface area contributed by atoms with Gasteiger partial charge in [-0.05, 0) is 32.6 Å². The highest BCUT2D eigenvalue weighted by Gasteiger charge is 2.26. The van der Waals surface area contributed by atoms with Crippen molar-refractivity contribution >= 4 is 5.97 Å². The second-order valence-electron chi connectivity index (χ2n) is 3.84. The average molecular weight is 226 g/mol. The van der Waals surface area contributed by atoms with Crippen molar-refractivity contribution < 1.29 is 13.9 Å². The Kier molecular flexibility index (Phi) is 3.22. The van der Waals surface area contributed by atoms with E-state index in [0.717, 1.165) is 37.1 Å². The topological polar surface area (TPSA) is 44.1 Å². The van der Waals surface area contributed by atoms with Gasteiger partial charge in [-0.3, -0.25) is 4.57 Å². The lowest BCUT2D eigenvalue weighted by Crippen LogP contribution is -2.20. The van der Waals surface area contributed by atoms with Crippen LogP contribution in [0.25, 0.3) is 0 Å². The van der Waals surface area contributed by atoms with E-state index in [-0.39, 0.29) is 6.61 Å². The molecule has 0 aliphatic heterocycles. The molecular formula is C11H15FN2O2. The number of rotatable bonds is 3. The number of alkyl halides is 1. The van der Waals surface area contributed by atoms with Crippen LogP contribution in [0.4, 0.5) is 4.39 Å². The second kappa shape index (κ2) is 4.63. The highest BCUT2D eigenvalue weighted by atomic mass is 19.1. The molecule has 0 saturated carbocycles. The van der Waals surface area contributed by atoms with Crippen LogP contribution in [0.5, 0.6) is 0 Å². The minimum atomic E-state index is -1.76. The maximum absolute atomic E-state index is 13.8. The first-order chi connectivity index (χ1) is 7.74. The lowest BCUT2D eigenvalue weighted by Gasteiger charge is -2.15.